The molecule has 13 heteroatoms. The van der Waals surface area contributed by atoms with Crippen LogP contribution in [0.1, 0.15) is 25.3 Å². The number of hydrogen-bond donors (Lipinski definition) is 1. The summed E-state index contributed by atoms with van der Waals surface area (Å²) in [6, 6.07) is 4.05. The summed E-state index contributed by atoms with van der Waals surface area (Å²) in [5, 5.41) is 21.9. The number of carbonyl (C=O) groups excluding carboxylic acids is 1. The second-order valence-electron chi connectivity index (χ2n) is 6.02. The maximum absolute atomic E-state index is 12.2. The molecule has 1 amide bonds. The molecule has 0 aliphatic carbocycles. The molecule has 1 aromatic carbocycles. The molecule has 1 N–H and O–H groups in total. The van der Waals surface area contributed by atoms with Crippen LogP contribution >= 0.6 is 23.1 Å². The molecule has 0 atom stereocenters. The molecule has 0 saturated heterocycles. The Morgan fingerprint density at radius 2 is 2.10 bits per heavy atom. The van der Waals surface area contributed by atoms with Crippen molar-refractivity contribution in [2.75, 3.05) is 28.2 Å². The van der Waals surface area contributed by atoms with Crippen molar-refractivity contribution in [2.45, 2.75) is 31.0 Å². The summed E-state index contributed by atoms with van der Waals surface area (Å²) < 4.78 is 26.3. The number of aromatic nitrogens is 2. The fraction of sp³-hybridized carbons (Fsp3) is 0.438. The molecule has 0 aliphatic heterocycles. The van der Waals surface area contributed by atoms with Gasteiger partial charge >= 0.3 is 0 Å². The lowest BCUT2D eigenvalue weighted by molar-refractivity contribution is -0.384. The minimum Gasteiger partial charge on any atom is -0.301 e. The van der Waals surface area contributed by atoms with Gasteiger partial charge in [-0.15, -0.1) is 10.2 Å². The highest BCUT2D eigenvalue weighted by Crippen LogP contribution is 2.28. The zero-order valence-electron chi connectivity index (χ0n) is 16.1. The van der Waals surface area contributed by atoms with Crippen LogP contribution in [-0.4, -0.2) is 48.0 Å². The van der Waals surface area contributed by atoms with E-state index in [2.05, 4.69) is 15.5 Å². The largest absolute Gasteiger partial charge is 0.301 e. The van der Waals surface area contributed by atoms with E-state index < -0.39 is 14.9 Å². The third-order valence-corrected chi connectivity index (χ3v) is 6.79. The minimum atomic E-state index is -3.69. The number of nitrogens with zero attached hydrogens (tertiary/aromatic N) is 4. The van der Waals surface area contributed by atoms with Gasteiger partial charge in [-0.1, -0.05) is 36.1 Å². The number of carbonyl (C=O) groups is 1. The van der Waals surface area contributed by atoms with E-state index in [1.165, 1.54) is 41.3 Å². The van der Waals surface area contributed by atoms with Crippen molar-refractivity contribution in [1.82, 2.24) is 10.2 Å². The van der Waals surface area contributed by atoms with Gasteiger partial charge < -0.3 is 5.32 Å². The Labute approximate surface area is 176 Å². The molecule has 0 saturated carbocycles. The number of nitro benzene ring substituents is 1. The van der Waals surface area contributed by atoms with E-state index in [0.717, 1.165) is 20.7 Å². The second-order valence-corrected chi connectivity index (χ2v) is 10.4. The van der Waals surface area contributed by atoms with E-state index in [4.69, 9.17) is 0 Å². The molecule has 0 aliphatic rings. The Balaban J connectivity index is 2.04. The van der Waals surface area contributed by atoms with Crippen molar-refractivity contribution in [2.24, 2.45) is 0 Å². The number of hydrogen-bond acceptors (Lipinski definition) is 9. The number of anilines is 2. The standard InChI is InChI=1S/C16H21N5O5S3/c1-4-27-16-19-18-15(28-16)17-14(22)6-5-9-20(29(3,25)26)13-10-12(21(23)24)8-7-11(13)2/h7-8,10H,4-6,9H2,1-3H3,(H,17,18,22). The maximum Gasteiger partial charge on any atom is 0.271 e. The highest BCUT2D eigenvalue weighted by Gasteiger charge is 2.22. The third-order valence-electron chi connectivity index (χ3n) is 3.76. The van der Waals surface area contributed by atoms with E-state index in [9.17, 15) is 23.3 Å². The fourth-order valence-corrected chi connectivity index (χ4v) is 5.13. The Morgan fingerprint density at radius 3 is 2.72 bits per heavy atom. The molecule has 0 unspecified atom stereocenters. The van der Waals surface area contributed by atoms with Crippen LogP contribution < -0.4 is 9.62 Å². The number of non-ortho nitro benzene ring substituents is 1. The van der Waals surface area contributed by atoms with Gasteiger partial charge in [0, 0.05) is 25.1 Å². The molecule has 0 spiro atoms. The van der Waals surface area contributed by atoms with Crippen molar-refractivity contribution >= 4 is 55.5 Å². The van der Waals surface area contributed by atoms with Gasteiger partial charge in [0.25, 0.3) is 5.69 Å². The lowest BCUT2D eigenvalue weighted by atomic mass is 10.1. The molecule has 2 rings (SSSR count). The lowest BCUT2D eigenvalue weighted by Crippen LogP contribution is -2.32. The molecular weight excluding hydrogens is 438 g/mol. The van der Waals surface area contributed by atoms with Crippen molar-refractivity contribution in [3.8, 4) is 0 Å². The smallest absolute Gasteiger partial charge is 0.271 e. The van der Waals surface area contributed by atoms with Crippen LogP contribution in [0.2, 0.25) is 0 Å². The first-order valence-electron chi connectivity index (χ1n) is 8.60. The van der Waals surface area contributed by atoms with Gasteiger partial charge in [0.1, 0.15) is 0 Å². The van der Waals surface area contributed by atoms with Crippen molar-refractivity contribution in [3.05, 3.63) is 33.9 Å². The Kier molecular flexibility index (Phi) is 7.93. The molecule has 0 bridgehead atoms. The molecule has 29 heavy (non-hydrogen) atoms. The highest BCUT2D eigenvalue weighted by atomic mass is 32.2. The van der Waals surface area contributed by atoms with Crippen LogP contribution in [0.5, 0.6) is 0 Å². The summed E-state index contributed by atoms with van der Waals surface area (Å²) in [6.45, 7) is 3.67. The SMILES string of the molecule is CCSc1nnc(NC(=O)CCCN(c2cc([N+](=O)[O-])ccc2C)S(C)(=O)=O)s1. The van der Waals surface area contributed by atoms with Gasteiger partial charge in [0.2, 0.25) is 21.1 Å². The molecule has 1 heterocycles. The molecule has 0 radical (unpaired) electrons. The summed E-state index contributed by atoms with van der Waals surface area (Å²) in [4.78, 5) is 22.6. The van der Waals surface area contributed by atoms with Crippen molar-refractivity contribution in [3.63, 3.8) is 0 Å². The van der Waals surface area contributed by atoms with Gasteiger partial charge in [0.15, 0.2) is 4.34 Å². The number of nitrogens with one attached hydrogen (secondary N) is 1. The number of nitro groups is 1. The van der Waals surface area contributed by atoms with Crippen molar-refractivity contribution in [1.29, 1.82) is 0 Å². The van der Waals surface area contributed by atoms with E-state index >= 15 is 0 Å². The average molecular weight is 460 g/mol. The monoisotopic (exact) mass is 459 g/mol. The lowest BCUT2D eigenvalue weighted by Gasteiger charge is -2.23. The predicted molar refractivity (Wildman–Crippen MR) is 114 cm³/mol. The first-order chi connectivity index (χ1) is 13.6. The van der Waals surface area contributed by atoms with Gasteiger partial charge in [-0.3, -0.25) is 19.2 Å². The molecular formula is C16H21N5O5S3. The quantitative estimate of drug-likeness (QED) is 0.248. The zero-order chi connectivity index (χ0) is 21.6. The van der Waals surface area contributed by atoms with Crippen LogP contribution in [0.4, 0.5) is 16.5 Å². The first-order valence-corrected chi connectivity index (χ1v) is 12.3. The van der Waals surface area contributed by atoms with Crippen LogP contribution in [0.3, 0.4) is 0 Å². The Bertz CT molecular complexity index is 993. The summed E-state index contributed by atoms with van der Waals surface area (Å²) in [6.07, 6.45) is 1.33. The summed E-state index contributed by atoms with van der Waals surface area (Å²) >= 11 is 2.79. The summed E-state index contributed by atoms with van der Waals surface area (Å²) in [5.74, 6) is 0.541. The molecule has 0 fully saturated rings. The van der Waals surface area contributed by atoms with E-state index in [0.29, 0.717) is 10.7 Å². The normalized spacial score (nSPS) is 11.3. The number of sulfonamides is 1. The van der Waals surface area contributed by atoms with Gasteiger partial charge in [-0.2, -0.15) is 0 Å². The van der Waals surface area contributed by atoms with Crippen molar-refractivity contribution < 1.29 is 18.1 Å². The van der Waals surface area contributed by atoms with Crippen LogP contribution in [0, 0.1) is 17.0 Å². The number of thioether (sulfide) groups is 1. The number of benzene rings is 1. The topological polar surface area (TPSA) is 135 Å². The molecule has 158 valence electrons. The highest BCUT2D eigenvalue weighted by molar-refractivity contribution is 8.01. The number of aryl methyl sites for hydroxylation is 1. The second kappa shape index (κ2) is 9.98. The Morgan fingerprint density at radius 1 is 1.38 bits per heavy atom. The zero-order valence-corrected chi connectivity index (χ0v) is 18.6. The van der Waals surface area contributed by atoms with Crippen LogP contribution in [0.25, 0.3) is 0 Å². The average Bonchev–Trinajstić information content (AvgIpc) is 3.05. The predicted octanol–water partition coefficient (Wildman–Crippen LogP) is 3.05. The maximum atomic E-state index is 12.2. The fourth-order valence-electron chi connectivity index (χ4n) is 2.45. The van der Waals surface area contributed by atoms with Crippen LogP contribution in [-0.2, 0) is 14.8 Å². The van der Waals surface area contributed by atoms with E-state index in [1.54, 1.807) is 6.92 Å². The minimum absolute atomic E-state index is 0.0152. The summed E-state index contributed by atoms with van der Waals surface area (Å²) in [7, 11) is -3.69. The number of rotatable bonds is 10. The summed E-state index contributed by atoms with van der Waals surface area (Å²) in [5.41, 5.74) is 0.613. The first kappa shape index (κ1) is 23.0. The van der Waals surface area contributed by atoms with E-state index in [-0.39, 0.29) is 36.7 Å². The van der Waals surface area contributed by atoms with Gasteiger partial charge in [-0.25, -0.2) is 8.42 Å². The van der Waals surface area contributed by atoms with E-state index in [1.807, 2.05) is 6.92 Å². The Hall–Kier alpha value is -2.25. The third kappa shape index (κ3) is 6.65. The van der Waals surface area contributed by atoms with Gasteiger partial charge in [-0.05, 0) is 24.7 Å². The number of amides is 1. The van der Waals surface area contributed by atoms with Gasteiger partial charge in [0.05, 0.1) is 16.9 Å². The molecule has 2 aromatic rings. The molecule has 1 aromatic heterocycles. The van der Waals surface area contributed by atoms with Crippen LogP contribution in [0.15, 0.2) is 22.5 Å². The molecule has 10 nitrogen and oxygen atoms in total.